The minimum absolute atomic E-state index is 0.493. The van der Waals surface area contributed by atoms with Crippen LogP contribution in [0.15, 0.2) is 0 Å². The van der Waals surface area contributed by atoms with E-state index in [1.807, 2.05) is 0 Å². The van der Waals surface area contributed by atoms with Gasteiger partial charge in [-0.1, -0.05) is 43.6 Å². The lowest BCUT2D eigenvalue weighted by atomic mass is 9.42. The minimum Gasteiger partial charge on any atom is -0.0922 e. The van der Waals surface area contributed by atoms with Crippen LogP contribution in [0.2, 0.25) is 0 Å². The van der Waals surface area contributed by atoms with Crippen molar-refractivity contribution in [2.45, 2.75) is 47.0 Å². The number of alkyl halides is 1. The van der Waals surface area contributed by atoms with E-state index in [0.29, 0.717) is 10.8 Å². The van der Waals surface area contributed by atoms with Gasteiger partial charge >= 0.3 is 0 Å². The van der Waals surface area contributed by atoms with Gasteiger partial charge in [-0.25, -0.2) is 0 Å². The smallest absolute Gasteiger partial charge is 0.00854 e. The molecule has 1 unspecified atom stereocenters. The lowest BCUT2D eigenvalue weighted by Crippen LogP contribution is -2.55. The molecule has 0 N–H and O–H groups in total. The Hall–Kier alpha value is 0.480. The van der Waals surface area contributed by atoms with Gasteiger partial charge in [0.25, 0.3) is 0 Å². The average molecular weight is 259 g/mol. The molecule has 0 aromatic rings. The lowest BCUT2D eigenvalue weighted by Gasteiger charge is -2.63. The number of hydrogen-bond acceptors (Lipinski definition) is 0. The van der Waals surface area contributed by atoms with Crippen LogP contribution in [0.25, 0.3) is 0 Å². The molecule has 3 aliphatic rings. The fourth-order valence-electron chi connectivity index (χ4n) is 3.85. The van der Waals surface area contributed by atoms with Crippen LogP contribution in [0.5, 0.6) is 0 Å². The Labute approximate surface area is 97.0 Å². The Balaban J connectivity index is 2.15. The maximum Gasteiger partial charge on any atom is 0.00854 e. The molecule has 3 rings (SSSR count). The molecular weight excluding hydrogens is 236 g/mol. The second-order valence-electron chi connectivity index (χ2n) is 6.67. The molecule has 0 spiro atoms. The number of halogens is 1. The summed E-state index contributed by atoms with van der Waals surface area (Å²) in [6.45, 7) is 9.84. The summed E-state index contributed by atoms with van der Waals surface area (Å²) in [5, 5.41) is 1.15. The van der Waals surface area contributed by atoms with Gasteiger partial charge in [0.15, 0.2) is 0 Å². The van der Waals surface area contributed by atoms with Crippen LogP contribution in [0.1, 0.15) is 47.0 Å². The van der Waals surface area contributed by atoms with E-state index in [0.717, 1.165) is 23.1 Å². The summed E-state index contributed by atoms with van der Waals surface area (Å²) >= 11 is 3.69. The molecule has 3 saturated carbocycles. The van der Waals surface area contributed by atoms with Gasteiger partial charge in [0.2, 0.25) is 0 Å². The minimum atomic E-state index is 0.493. The highest BCUT2D eigenvalue weighted by Gasteiger charge is 2.56. The third kappa shape index (κ3) is 1.38. The number of hydrogen-bond donors (Lipinski definition) is 0. The Morgan fingerprint density at radius 2 is 1.93 bits per heavy atom. The fourth-order valence-corrected chi connectivity index (χ4v) is 4.26. The van der Waals surface area contributed by atoms with Crippen molar-refractivity contribution in [2.75, 3.05) is 5.33 Å². The molecule has 0 aromatic carbocycles. The van der Waals surface area contributed by atoms with E-state index in [1.54, 1.807) is 0 Å². The maximum absolute atomic E-state index is 3.69. The molecule has 1 heteroatoms. The molecule has 3 aliphatic carbocycles. The Morgan fingerprint density at radius 3 is 2.36 bits per heavy atom. The summed E-state index contributed by atoms with van der Waals surface area (Å²) < 4.78 is 0. The third-order valence-corrected chi connectivity index (χ3v) is 6.65. The van der Waals surface area contributed by atoms with Crippen molar-refractivity contribution in [3.05, 3.63) is 0 Å². The van der Waals surface area contributed by atoms with Crippen LogP contribution < -0.4 is 0 Å². The maximum atomic E-state index is 3.69. The molecule has 0 heterocycles. The van der Waals surface area contributed by atoms with Gasteiger partial charge in [0.1, 0.15) is 0 Å². The molecule has 0 aromatic heterocycles. The van der Waals surface area contributed by atoms with E-state index in [9.17, 15) is 0 Å². The van der Waals surface area contributed by atoms with Gasteiger partial charge in [-0.2, -0.15) is 0 Å². The molecule has 82 valence electrons. The summed E-state index contributed by atoms with van der Waals surface area (Å²) in [7, 11) is 0. The van der Waals surface area contributed by atoms with E-state index >= 15 is 0 Å². The van der Waals surface area contributed by atoms with Crippen molar-refractivity contribution in [3.63, 3.8) is 0 Å². The van der Waals surface area contributed by atoms with E-state index in [-0.39, 0.29) is 0 Å². The molecule has 0 nitrogen and oxygen atoms in total. The summed E-state index contributed by atoms with van der Waals surface area (Å²) in [4.78, 5) is 0. The van der Waals surface area contributed by atoms with Crippen LogP contribution in [0.4, 0.5) is 0 Å². The number of fused-ring (bicyclic) bond motifs is 2. The quantitative estimate of drug-likeness (QED) is 0.641. The predicted octanol–water partition coefficient (Wildman–Crippen LogP) is 4.48. The van der Waals surface area contributed by atoms with Gasteiger partial charge in [-0.3, -0.25) is 0 Å². The summed E-state index contributed by atoms with van der Waals surface area (Å²) in [5.74, 6) is 2.98. The molecular formula is C13H23Br. The molecule has 3 atom stereocenters. The van der Waals surface area contributed by atoms with Crippen molar-refractivity contribution in [1.29, 1.82) is 0 Å². The third-order valence-electron chi connectivity index (χ3n) is 5.21. The van der Waals surface area contributed by atoms with E-state index in [4.69, 9.17) is 0 Å². The van der Waals surface area contributed by atoms with Gasteiger partial charge in [-0.15, -0.1) is 0 Å². The highest BCUT2D eigenvalue weighted by molar-refractivity contribution is 9.09. The first-order chi connectivity index (χ1) is 6.39. The monoisotopic (exact) mass is 258 g/mol. The van der Waals surface area contributed by atoms with Crippen molar-refractivity contribution in [3.8, 4) is 0 Å². The Morgan fingerprint density at radius 1 is 1.29 bits per heavy atom. The molecule has 0 amide bonds. The van der Waals surface area contributed by atoms with E-state index in [1.165, 1.54) is 19.3 Å². The molecule has 0 saturated heterocycles. The normalized spacial score (nSPS) is 40.5. The molecule has 2 bridgehead atoms. The zero-order valence-corrected chi connectivity index (χ0v) is 11.5. The zero-order chi connectivity index (χ0) is 10.6. The van der Waals surface area contributed by atoms with E-state index < -0.39 is 0 Å². The number of rotatable bonds is 2. The standard InChI is InChI=1S/C13H23Br/c1-12(2,8-14)10-6-5-9-7-11(10)13(9,3)4/h9-11H,5-8H2,1-4H3/t9-,10?,11-/m0/s1. The Bertz CT molecular complexity index is 227. The molecule has 0 aliphatic heterocycles. The van der Waals surface area contributed by atoms with Gasteiger partial charge in [0.05, 0.1) is 0 Å². The highest BCUT2D eigenvalue weighted by Crippen LogP contribution is 2.64. The molecule has 0 radical (unpaired) electrons. The zero-order valence-electron chi connectivity index (χ0n) is 9.94. The highest BCUT2D eigenvalue weighted by atomic mass is 79.9. The SMILES string of the molecule is CC(C)(CBr)C1CC[C@H]2C[C@@H]1C2(C)C. The molecule has 14 heavy (non-hydrogen) atoms. The van der Waals surface area contributed by atoms with Gasteiger partial charge in [0, 0.05) is 5.33 Å². The van der Waals surface area contributed by atoms with Crippen molar-refractivity contribution in [1.82, 2.24) is 0 Å². The predicted molar refractivity (Wildman–Crippen MR) is 65.7 cm³/mol. The van der Waals surface area contributed by atoms with Crippen LogP contribution in [0.3, 0.4) is 0 Å². The van der Waals surface area contributed by atoms with Crippen LogP contribution in [-0.2, 0) is 0 Å². The summed E-state index contributed by atoms with van der Waals surface area (Å²) in [6.07, 6.45) is 4.45. The molecule has 3 fully saturated rings. The summed E-state index contributed by atoms with van der Waals surface area (Å²) in [5.41, 5.74) is 1.13. The van der Waals surface area contributed by atoms with Crippen molar-refractivity contribution in [2.24, 2.45) is 28.6 Å². The fraction of sp³-hybridized carbons (Fsp3) is 1.00. The van der Waals surface area contributed by atoms with Gasteiger partial charge < -0.3 is 0 Å². The van der Waals surface area contributed by atoms with Crippen LogP contribution in [0, 0.1) is 28.6 Å². The van der Waals surface area contributed by atoms with Crippen molar-refractivity contribution < 1.29 is 0 Å². The second-order valence-corrected chi connectivity index (χ2v) is 7.23. The van der Waals surface area contributed by atoms with Crippen LogP contribution >= 0.6 is 15.9 Å². The second kappa shape index (κ2) is 3.23. The van der Waals surface area contributed by atoms with Crippen molar-refractivity contribution >= 4 is 15.9 Å². The van der Waals surface area contributed by atoms with Gasteiger partial charge in [-0.05, 0) is 47.8 Å². The Kier molecular flexibility index (Phi) is 2.54. The lowest BCUT2D eigenvalue weighted by molar-refractivity contribution is -0.133. The van der Waals surface area contributed by atoms with E-state index in [2.05, 4.69) is 43.6 Å². The first kappa shape index (κ1) is 11.0. The average Bonchev–Trinajstić information content (AvgIpc) is 2.17. The summed E-state index contributed by atoms with van der Waals surface area (Å²) in [6, 6.07) is 0. The van der Waals surface area contributed by atoms with Crippen LogP contribution in [-0.4, -0.2) is 5.33 Å². The topological polar surface area (TPSA) is 0 Å². The largest absolute Gasteiger partial charge is 0.0922 e. The first-order valence-electron chi connectivity index (χ1n) is 5.95. The first-order valence-corrected chi connectivity index (χ1v) is 7.07.